The first-order valence-electron chi connectivity index (χ1n) is 10.8. The standard InChI is InChI=1S/C21H22Cl2N6O9S/c1-25-20(36)28(2)21(37)27-11(7-3-9(22)14(30)10(23)4-7)15(31)26-12-16(32)29-13(18(33)34)8(5-38-19(24)35)6-39-17(12)29/h3-4,11-12,17,30H,5-6H2,1-2H3,(H2,24,35)(H,25,36)(H,26,31)(H,27,37)(H,33,34)/t11?,12?,17-/m0/s1. The Balaban J connectivity index is 1.87. The summed E-state index contributed by atoms with van der Waals surface area (Å²) in [7, 11) is 2.43. The lowest BCUT2D eigenvalue weighted by Gasteiger charge is -2.49. The summed E-state index contributed by atoms with van der Waals surface area (Å²) >= 11 is 13.1. The largest absolute Gasteiger partial charge is 0.505 e. The van der Waals surface area contributed by atoms with Crippen LogP contribution in [0.2, 0.25) is 10.0 Å². The number of carbonyl (C=O) groups excluding carboxylic acids is 5. The number of β-lactam (4-membered cyclic amide) rings is 1. The van der Waals surface area contributed by atoms with Gasteiger partial charge in [-0.2, -0.15) is 0 Å². The molecule has 2 aliphatic rings. The van der Waals surface area contributed by atoms with Gasteiger partial charge in [-0.25, -0.2) is 24.1 Å². The number of halogens is 2. The third kappa shape index (κ3) is 6.07. The van der Waals surface area contributed by atoms with Crippen LogP contribution in [-0.2, 0) is 19.1 Å². The third-order valence-corrected chi connectivity index (χ3v) is 7.58. The van der Waals surface area contributed by atoms with Gasteiger partial charge in [0.2, 0.25) is 5.91 Å². The van der Waals surface area contributed by atoms with Gasteiger partial charge in [-0.05, 0) is 17.7 Å². The quantitative estimate of drug-likeness (QED) is 0.237. The maximum atomic E-state index is 13.4. The number of carboxylic acid groups (broad SMARTS) is 1. The number of amides is 7. The zero-order chi connectivity index (χ0) is 29.2. The summed E-state index contributed by atoms with van der Waals surface area (Å²) in [5.41, 5.74) is 4.69. The number of thioether (sulfide) groups is 1. The maximum Gasteiger partial charge on any atom is 0.404 e. The van der Waals surface area contributed by atoms with Crippen molar-refractivity contribution in [1.82, 2.24) is 25.8 Å². The minimum absolute atomic E-state index is 0.0101. The smallest absolute Gasteiger partial charge is 0.404 e. The number of urea groups is 2. The summed E-state index contributed by atoms with van der Waals surface area (Å²) in [6, 6.07) is -2.22. The zero-order valence-electron chi connectivity index (χ0n) is 20.2. The van der Waals surface area contributed by atoms with Gasteiger partial charge in [0.15, 0.2) is 5.75 Å². The Bertz CT molecular complexity index is 1270. The van der Waals surface area contributed by atoms with Gasteiger partial charge in [0.25, 0.3) is 5.91 Å². The molecule has 15 nitrogen and oxygen atoms in total. The van der Waals surface area contributed by atoms with Crippen LogP contribution in [0.4, 0.5) is 14.4 Å². The highest BCUT2D eigenvalue weighted by atomic mass is 35.5. The Morgan fingerprint density at radius 3 is 2.38 bits per heavy atom. The van der Waals surface area contributed by atoms with Crippen molar-refractivity contribution in [3.63, 3.8) is 0 Å². The monoisotopic (exact) mass is 604 g/mol. The van der Waals surface area contributed by atoms with Gasteiger partial charge in [0.05, 0.1) is 10.0 Å². The molecular formula is C21H22Cl2N6O9S. The molecule has 2 unspecified atom stereocenters. The average molecular weight is 605 g/mol. The number of nitrogens with two attached hydrogens (primary N) is 1. The summed E-state index contributed by atoms with van der Waals surface area (Å²) in [6.07, 6.45) is -1.12. The highest BCUT2D eigenvalue weighted by Gasteiger charge is 2.54. The number of aliphatic carboxylic acids is 1. The van der Waals surface area contributed by atoms with Gasteiger partial charge >= 0.3 is 24.1 Å². The normalized spacial score (nSPS) is 18.8. The first-order valence-corrected chi connectivity index (χ1v) is 12.6. The number of phenolic OH excluding ortho intramolecular Hbond substituents is 1. The van der Waals surface area contributed by atoms with Crippen LogP contribution in [0.3, 0.4) is 0 Å². The van der Waals surface area contributed by atoms with Gasteiger partial charge in [0.1, 0.15) is 29.8 Å². The van der Waals surface area contributed by atoms with Gasteiger partial charge in [-0.1, -0.05) is 23.2 Å². The molecule has 1 aromatic carbocycles. The highest BCUT2D eigenvalue weighted by Crippen LogP contribution is 2.41. The van der Waals surface area contributed by atoms with E-state index in [2.05, 4.69) is 20.7 Å². The molecule has 0 aromatic heterocycles. The molecule has 210 valence electrons. The summed E-state index contributed by atoms with van der Waals surface area (Å²) < 4.78 is 4.67. The number of carbonyl (C=O) groups is 6. The SMILES string of the molecule is CNC(=O)N(C)C(=O)NC(C(=O)NC1C(=O)N2C(C(=O)O)=C(COC(N)=O)CS[C@@H]12)c1cc(Cl)c(O)c(Cl)c1. The van der Waals surface area contributed by atoms with Gasteiger partial charge in [0, 0.05) is 25.4 Å². The van der Waals surface area contributed by atoms with E-state index in [4.69, 9.17) is 28.9 Å². The van der Waals surface area contributed by atoms with Crippen LogP contribution in [0.25, 0.3) is 0 Å². The number of aromatic hydroxyl groups is 1. The molecule has 3 rings (SSSR count). The van der Waals surface area contributed by atoms with Crippen molar-refractivity contribution in [2.45, 2.75) is 17.5 Å². The number of nitrogens with one attached hydrogen (secondary N) is 3. The molecular weight excluding hydrogens is 583 g/mol. The molecule has 0 spiro atoms. The van der Waals surface area contributed by atoms with E-state index in [1.807, 2.05) is 0 Å². The number of primary amides is 1. The molecule has 2 heterocycles. The van der Waals surface area contributed by atoms with Crippen molar-refractivity contribution >= 4 is 70.9 Å². The fraction of sp³-hybridized carbons (Fsp3) is 0.333. The highest BCUT2D eigenvalue weighted by molar-refractivity contribution is 8.00. The van der Waals surface area contributed by atoms with Crippen molar-refractivity contribution in [2.24, 2.45) is 5.73 Å². The van der Waals surface area contributed by atoms with E-state index in [1.165, 1.54) is 7.05 Å². The maximum absolute atomic E-state index is 13.4. The molecule has 7 N–H and O–H groups in total. The number of hydrogen-bond acceptors (Lipinski definition) is 9. The Morgan fingerprint density at radius 1 is 1.23 bits per heavy atom. The predicted octanol–water partition coefficient (Wildman–Crippen LogP) is 0.555. The molecule has 18 heteroatoms. The number of carboxylic acids is 1. The minimum Gasteiger partial charge on any atom is -0.505 e. The Labute approximate surface area is 234 Å². The lowest BCUT2D eigenvalue weighted by molar-refractivity contribution is -0.151. The molecule has 3 atom stereocenters. The second kappa shape index (κ2) is 11.9. The number of nitrogens with zero attached hydrogens (tertiary/aromatic N) is 2. The molecule has 0 radical (unpaired) electrons. The molecule has 0 aliphatic carbocycles. The molecule has 39 heavy (non-hydrogen) atoms. The molecule has 1 saturated heterocycles. The summed E-state index contributed by atoms with van der Waals surface area (Å²) in [5.74, 6) is -3.56. The molecule has 2 aliphatic heterocycles. The Morgan fingerprint density at radius 2 is 1.85 bits per heavy atom. The average Bonchev–Trinajstić information content (AvgIpc) is 2.89. The van der Waals surface area contributed by atoms with E-state index in [0.717, 1.165) is 35.8 Å². The van der Waals surface area contributed by atoms with E-state index in [1.54, 1.807) is 0 Å². The fourth-order valence-electron chi connectivity index (χ4n) is 3.72. The Hall–Kier alpha value is -3.89. The molecule has 0 saturated carbocycles. The lowest BCUT2D eigenvalue weighted by atomic mass is 10.0. The number of ether oxygens (including phenoxy) is 1. The van der Waals surface area contributed by atoms with Gasteiger partial charge in [-0.3, -0.25) is 14.5 Å². The predicted molar refractivity (Wildman–Crippen MR) is 137 cm³/mol. The zero-order valence-corrected chi connectivity index (χ0v) is 22.5. The van der Waals surface area contributed by atoms with Crippen LogP contribution >= 0.6 is 35.0 Å². The van der Waals surface area contributed by atoms with Crippen molar-refractivity contribution in [2.75, 3.05) is 26.5 Å². The van der Waals surface area contributed by atoms with E-state index < -0.39 is 71.5 Å². The van der Waals surface area contributed by atoms with E-state index >= 15 is 0 Å². The Kier molecular flexibility index (Phi) is 9.03. The van der Waals surface area contributed by atoms with Crippen molar-refractivity contribution in [3.05, 3.63) is 39.0 Å². The molecule has 0 bridgehead atoms. The third-order valence-electron chi connectivity index (χ3n) is 5.66. The summed E-state index contributed by atoms with van der Waals surface area (Å²) in [5, 5.41) is 25.3. The van der Waals surface area contributed by atoms with Crippen molar-refractivity contribution < 1.29 is 43.7 Å². The number of phenols is 1. The molecule has 1 aromatic rings. The number of hydrogen-bond donors (Lipinski definition) is 6. The summed E-state index contributed by atoms with van der Waals surface area (Å²) in [4.78, 5) is 75.2. The first-order chi connectivity index (χ1) is 18.3. The van der Waals surface area contributed by atoms with Crippen LogP contribution in [0, 0.1) is 0 Å². The van der Waals surface area contributed by atoms with Crippen LogP contribution in [0.5, 0.6) is 5.75 Å². The number of benzene rings is 1. The first kappa shape index (κ1) is 29.7. The molecule has 7 amide bonds. The van der Waals surface area contributed by atoms with Gasteiger partial charge < -0.3 is 36.6 Å². The van der Waals surface area contributed by atoms with Crippen molar-refractivity contribution in [1.29, 1.82) is 0 Å². The van der Waals surface area contributed by atoms with Crippen molar-refractivity contribution in [3.8, 4) is 5.75 Å². The van der Waals surface area contributed by atoms with E-state index in [-0.39, 0.29) is 26.9 Å². The minimum atomic E-state index is -1.55. The van der Waals surface area contributed by atoms with E-state index in [0.29, 0.717) is 4.90 Å². The second-order valence-electron chi connectivity index (χ2n) is 8.09. The summed E-state index contributed by atoms with van der Waals surface area (Å²) in [6.45, 7) is -0.438. The van der Waals surface area contributed by atoms with Crippen LogP contribution in [-0.4, -0.2) is 93.8 Å². The number of fused-ring (bicyclic) bond motifs is 1. The van der Waals surface area contributed by atoms with E-state index in [9.17, 15) is 39.0 Å². The van der Waals surface area contributed by atoms with Crippen LogP contribution in [0.15, 0.2) is 23.4 Å². The van der Waals surface area contributed by atoms with Gasteiger partial charge in [-0.15, -0.1) is 11.8 Å². The number of imide groups is 1. The lowest BCUT2D eigenvalue weighted by Crippen LogP contribution is -2.71. The topological polar surface area (TPSA) is 221 Å². The molecule has 1 fully saturated rings. The fourth-order valence-corrected chi connectivity index (χ4v) is 5.55. The second-order valence-corrected chi connectivity index (χ2v) is 10.0. The van der Waals surface area contributed by atoms with Crippen LogP contribution in [0.1, 0.15) is 11.6 Å². The van der Waals surface area contributed by atoms with Crippen LogP contribution < -0.4 is 21.7 Å². The number of rotatable bonds is 7.